The van der Waals surface area contributed by atoms with Gasteiger partial charge < -0.3 is 18.6 Å². The van der Waals surface area contributed by atoms with Crippen molar-refractivity contribution in [2.24, 2.45) is 11.8 Å². The standard InChI is InChI=1S/C41H48F6N4O2/c1-48-14-4-8-28-20-30-32(40(42,43)44)22-38(52-36(30)24-34(28)48)50-16-10-26(11-17-50)6-3-7-27-12-18-51(19-13-27)39-23-33(41(45,46)47)31-21-29-9-5-15-49(2)35(29)25-37(31)53-39/h20-27H,3-19H2,1-2H3/q+2. The summed E-state index contributed by atoms with van der Waals surface area (Å²) in [4.78, 5) is 4.17. The summed E-state index contributed by atoms with van der Waals surface area (Å²) in [6, 6.07) is 9.27. The van der Waals surface area contributed by atoms with Gasteiger partial charge in [-0.3, -0.25) is 0 Å². The molecular formula is C41H48F6N4O2+2. The van der Waals surface area contributed by atoms with Crippen LogP contribution in [-0.4, -0.2) is 53.4 Å². The molecule has 0 amide bonds. The number of rotatable bonds is 4. The van der Waals surface area contributed by atoms with E-state index in [2.05, 4.69) is 9.80 Å². The molecule has 2 saturated heterocycles. The Kier molecular flexibility index (Phi) is 9.54. The van der Waals surface area contributed by atoms with E-state index in [1.165, 1.54) is 12.1 Å². The van der Waals surface area contributed by atoms with E-state index in [4.69, 9.17) is 8.83 Å². The minimum atomic E-state index is -4.49. The van der Waals surface area contributed by atoms with Gasteiger partial charge in [0, 0.05) is 87.1 Å². The van der Waals surface area contributed by atoms with Crippen molar-refractivity contribution in [3.05, 3.63) is 69.8 Å². The topological polar surface area (TPSA) is 38.8 Å². The lowest BCUT2D eigenvalue weighted by Crippen LogP contribution is -2.38. The minimum Gasteiger partial charge on any atom is -0.405 e. The maximum atomic E-state index is 14.3. The van der Waals surface area contributed by atoms with Crippen molar-refractivity contribution in [3.63, 3.8) is 0 Å². The number of anilines is 2. The van der Waals surface area contributed by atoms with Crippen LogP contribution in [0.4, 0.5) is 37.7 Å². The number of fused-ring (bicyclic) bond motifs is 4. The zero-order valence-corrected chi connectivity index (χ0v) is 30.5. The fraction of sp³-hybridized carbons (Fsp3) is 0.561. The molecule has 0 N–H and O–H groups in total. The average Bonchev–Trinajstić information content (AvgIpc) is 3.13. The molecule has 6 nitrogen and oxygen atoms in total. The van der Waals surface area contributed by atoms with E-state index in [9.17, 15) is 26.3 Å². The molecule has 284 valence electrons. The molecule has 12 heteroatoms. The number of hydrogen-bond donors (Lipinski definition) is 0. The van der Waals surface area contributed by atoms with Crippen LogP contribution in [0.3, 0.4) is 0 Å². The molecule has 0 spiro atoms. The van der Waals surface area contributed by atoms with E-state index in [1.807, 2.05) is 23.2 Å². The van der Waals surface area contributed by atoms with Crippen molar-refractivity contribution >= 4 is 33.3 Å². The van der Waals surface area contributed by atoms with Crippen LogP contribution < -0.4 is 30.1 Å². The lowest BCUT2D eigenvalue weighted by Gasteiger charge is -2.28. The Morgan fingerprint density at radius 1 is 0.604 bits per heavy atom. The Labute approximate surface area is 305 Å². The Hall–Kier alpha value is -3.96. The third-order valence-corrected chi connectivity index (χ3v) is 12.3. The van der Waals surface area contributed by atoms with Gasteiger partial charge in [0.05, 0.1) is 23.3 Å². The average molecular weight is 743 g/mol. The second kappa shape index (κ2) is 14.0. The summed E-state index contributed by atoms with van der Waals surface area (Å²) >= 11 is 0. The van der Waals surface area contributed by atoms with Gasteiger partial charge in [-0.05, 0) is 73.6 Å². The van der Waals surface area contributed by atoms with Crippen molar-refractivity contribution in [1.82, 2.24) is 9.15 Å². The van der Waals surface area contributed by atoms with Crippen molar-refractivity contribution in [2.75, 3.05) is 63.2 Å². The molecule has 4 aliphatic heterocycles. The molecule has 53 heavy (non-hydrogen) atoms. The highest BCUT2D eigenvalue weighted by Gasteiger charge is 2.37. The van der Waals surface area contributed by atoms with Gasteiger partial charge in [0.1, 0.15) is 37.3 Å². The summed E-state index contributed by atoms with van der Waals surface area (Å²) in [7, 11) is 3.93. The SMILES string of the molecule is CN1CCCc2cc3c(C(F)(F)F)cc(=[N+]4CCC(CCCC5CC[N+](=c6cc(C(F)(F)F)c7cc8c(cc7o6)N(C)CCC8)CC5)CC4)oc3cc21. The minimum absolute atomic E-state index is 0.125. The fourth-order valence-corrected chi connectivity index (χ4v) is 9.23. The zero-order valence-electron chi connectivity index (χ0n) is 30.5. The summed E-state index contributed by atoms with van der Waals surface area (Å²) in [6.07, 6.45) is 1.12. The number of benzene rings is 2. The van der Waals surface area contributed by atoms with Gasteiger partial charge in [-0.2, -0.15) is 35.5 Å². The van der Waals surface area contributed by atoms with E-state index < -0.39 is 23.5 Å². The quantitative estimate of drug-likeness (QED) is 0.156. The van der Waals surface area contributed by atoms with Crippen molar-refractivity contribution in [2.45, 2.75) is 83.0 Å². The number of aryl methyl sites for hydroxylation is 2. The lowest BCUT2D eigenvalue weighted by atomic mass is 9.87. The zero-order chi connectivity index (χ0) is 37.1. The highest BCUT2D eigenvalue weighted by atomic mass is 19.4. The Morgan fingerprint density at radius 2 is 1.00 bits per heavy atom. The number of piperidine rings is 2. The predicted molar refractivity (Wildman–Crippen MR) is 195 cm³/mol. The van der Waals surface area contributed by atoms with Gasteiger partial charge in [-0.25, -0.2) is 0 Å². The molecule has 2 aromatic heterocycles. The normalized spacial score (nSPS) is 21.4. The number of alkyl halides is 6. The van der Waals surface area contributed by atoms with Crippen LogP contribution in [0.25, 0.3) is 21.9 Å². The molecular weight excluding hydrogens is 694 g/mol. The molecule has 0 aliphatic carbocycles. The Bertz CT molecular complexity index is 2010. The third kappa shape index (κ3) is 7.31. The smallest absolute Gasteiger partial charge is 0.405 e. The van der Waals surface area contributed by atoms with Crippen molar-refractivity contribution in [3.8, 4) is 0 Å². The molecule has 0 unspecified atom stereocenters. The van der Waals surface area contributed by atoms with Gasteiger partial charge in [0.25, 0.3) is 0 Å². The van der Waals surface area contributed by atoms with E-state index in [0.29, 0.717) is 38.0 Å². The molecule has 4 aliphatic rings. The number of hydrogen-bond acceptors (Lipinski definition) is 4. The molecule has 0 atom stereocenters. The summed E-state index contributed by atoms with van der Waals surface area (Å²) in [5, 5.41) is 0.250. The first kappa shape index (κ1) is 36.0. The molecule has 8 rings (SSSR count). The predicted octanol–water partition coefficient (Wildman–Crippen LogP) is 8.22. The fourth-order valence-electron chi connectivity index (χ4n) is 9.23. The maximum Gasteiger partial charge on any atom is 0.417 e. The molecule has 2 aromatic carbocycles. The van der Waals surface area contributed by atoms with Crippen molar-refractivity contribution < 1.29 is 35.2 Å². The van der Waals surface area contributed by atoms with E-state index in [-0.39, 0.29) is 33.0 Å². The number of halogens is 6. The molecule has 0 saturated carbocycles. The first-order valence-electron chi connectivity index (χ1n) is 19.3. The van der Waals surface area contributed by atoms with E-state index in [1.54, 1.807) is 24.3 Å². The molecule has 2 fully saturated rings. The van der Waals surface area contributed by atoms with Gasteiger partial charge in [0.15, 0.2) is 0 Å². The third-order valence-electron chi connectivity index (χ3n) is 12.3. The summed E-state index contributed by atoms with van der Waals surface area (Å²) in [5.74, 6) is 0.994. The molecule has 4 aromatic rings. The van der Waals surface area contributed by atoms with Crippen LogP contribution in [0.15, 0.2) is 45.2 Å². The highest BCUT2D eigenvalue weighted by molar-refractivity contribution is 5.87. The van der Waals surface area contributed by atoms with Crippen LogP contribution in [0.1, 0.15) is 80.0 Å². The van der Waals surface area contributed by atoms with Gasteiger partial charge in [-0.1, -0.05) is 6.42 Å². The van der Waals surface area contributed by atoms with Crippen LogP contribution in [-0.2, 0) is 25.2 Å². The second-order valence-electron chi connectivity index (χ2n) is 15.8. The monoisotopic (exact) mass is 742 g/mol. The first-order valence-corrected chi connectivity index (χ1v) is 19.3. The van der Waals surface area contributed by atoms with Crippen molar-refractivity contribution in [1.29, 1.82) is 0 Å². The number of nitrogens with zero attached hydrogens (tertiary/aromatic N) is 4. The molecule has 0 radical (unpaired) electrons. The molecule has 0 bridgehead atoms. The van der Waals surface area contributed by atoms with Gasteiger partial charge in [0.2, 0.25) is 0 Å². The lowest BCUT2D eigenvalue weighted by molar-refractivity contribution is -0.137. The van der Waals surface area contributed by atoms with Crippen LogP contribution in [0, 0.1) is 11.8 Å². The second-order valence-corrected chi connectivity index (χ2v) is 15.8. The summed E-state index contributed by atoms with van der Waals surface area (Å²) < 4.78 is 102. The van der Waals surface area contributed by atoms with Crippen LogP contribution >= 0.6 is 0 Å². The maximum absolute atomic E-state index is 14.3. The highest BCUT2D eigenvalue weighted by Crippen LogP contribution is 2.39. The summed E-state index contributed by atoms with van der Waals surface area (Å²) in [6.45, 7) is 4.32. The van der Waals surface area contributed by atoms with E-state index in [0.717, 1.165) is 106 Å². The van der Waals surface area contributed by atoms with Gasteiger partial charge in [-0.15, -0.1) is 0 Å². The Morgan fingerprint density at radius 3 is 1.38 bits per heavy atom. The largest absolute Gasteiger partial charge is 0.417 e. The van der Waals surface area contributed by atoms with Crippen LogP contribution in [0.5, 0.6) is 0 Å². The Balaban J connectivity index is 0.912. The first-order chi connectivity index (χ1) is 25.3. The summed E-state index contributed by atoms with van der Waals surface area (Å²) in [5.41, 5.74) is 3.56. The van der Waals surface area contributed by atoms with E-state index >= 15 is 0 Å². The van der Waals surface area contributed by atoms with Gasteiger partial charge >= 0.3 is 23.5 Å². The van der Waals surface area contributed by atoms with Crippen LogP contribution in [0.2, 0.25) is 0 Å². The molecule has 6 heterocycles.